The lowest BCUT2D eigenvalue weighted by Crippen LogP contribution is -2.27. The van der Waals surface area contributed by atoms with Crippen molar-refractivity contribution < 1.29 is 14.3 Å². The maximum atomic E-state index is 11.7. The minimum absolute atomic E-state index is 0.219. The highest BCUT2D eigenvalue weighted by Gasteiger charge is 2.26. The smallest absolute Gasteiger partial charge is 0.223 e. The lowest BCUT2D eigenvalue weighted by molar-refractivity contribution is -0.127. The second-order valence-electron chi connectivity index (χ2n) is 4.61. The van der Waals surface area contributed by atoms with Crippen LogP contribution in [0.15, 0.2) is 18.2 Å². The zero-order valence-electron chi connectivity index (χ0n) is 11.2. The Morgan fingerprint density at radius 2 is 1.89 bits per heavy atom. The first kappa shape index (κ1) is 14.2. The number of methoxy groups -OCH3 is 2. The van der Waals surface area contributed by atoms with E-state index in [1.807, 2.05) is 23.1 Å². The highest BCUT2D eigenvalue weighted by atomic mass is 79.9. The Hall–Kier alpha value is -1.23. The van der Waals surface area contributed by atoms with Gasteiger partial charge in [-0.25, -0.2) is 0 Å². The van der Waals surface area contributed by atoms with Crippen molar-refractivity contribution in [2.24, 2.45) is 0 Å². The monoisotopic (exact) mass is 327 g/mol. The van der Waals surface area contributed by atoms with Crippen LogP contribution in [-0.4, -0.2) is 42.9 Å². The van der Waals surface area contributed by atoms with Gasteiger partial charge < -0.3 is 14.4 Å². The van der Waals surface area contributed by atoms with E-state index in [4.69, 9.17) is 9.47 Å². The van der Waals surface area contributed by atoms with Crippen LogP contribution in [0.5, 0.6) is 11.5 Å². The molecule has 2 rings (SSSR count). The summed E-state index contributed by atoms with van der Waals surface area (Å²) in [5.41, 5.74) is 1.11. The molecule has 1 aromatic rings. The molecule has 4 nitrogen and oxygen atoms in total. The molecule has 0 saturated carbocycles. The zero-order chi connectivity index (χ0) is 13.8. The summed E-state index contributed by atoms with van der Waals surface area (Å²) in [7, 11) is 3.27. The first-order valence-electron chi connectivity index (χ1n) is 6.26. The molecule has 1 aliphatic rings. The first-order valence-corrected chi connectivity index (χ1v) is 7.17. The molecule has 0 radical (unpaired) electrons. The van der Waals surface area contributed by atoms with Crippen LogP contribution >= 0.6 is 15.9 Å². The maximum absolute atomic E-state index is 11.7. The fraction of sp³-hybridized carbons (Fsp3) is 0.500. The summed E-state index contributed by atoms with van der Waals surface area (Å²) < 4.78 is 10.5. The number of carbonyl (C=O) groups is 1. The molecule has 0 N–H and O–H groups in total. The van der Waals surface area contributed by atoms with Crippen molar-refractivity contribution in [3.05, 3.63) is 23.8 Å². The number of rotatable bonds is 5. The molecule has 1 aromatic carbocycles. The highest BCUT2D eigenvalue weighted by Crippen LogP contribution is 2.24. The second-order valence-corrected chi connectivity index (χ2v) is 5.91. The summed E-state index contributed by atoms with van der Waals surface area (Å²) >= 11 is 3.49. The Labute approximate surface area is 121 Å². The van der Waals surface area contributed by atoms with E-state index in [0.717, 1.165) is 36.6 Å². The Morgan fingerprint density at radius 3 is 2.37 bits per heavy atom. The van der Waals surface area contributed by atoms with Crippen LogP contribution in [0.4, 0.5) is 0 Å². The number of likely N-dealkylation sites (tertiary alicyclic amines) is 1. The van der Waals surface area contributed by atoms with Crippen molar-refractivity contribution >= 4 is 21.8 Å². The summed E-state index contributed by atoms with van der Waals surface area (Å²) in [6.07, 6.45) is 1.40. The van der Waals surface area contributed by atoms with Crippen LogP contribution in [0.3, 0.4) is 0 Å². The molecule has 1 fully saturated rings. The average molecular weight is 328 g/mol. The lowest BCUT2D eigenvalue weighted by Gasteiger charge is -2.16. The number of hydrogen-bond acceptors (Lipinski definition) is 3. The Balaban J connectivity index is 2.01. The second kappa shape index (κ2) is 6.28. The summed E-state index contributed by atoms with van der Waals surface area (Å²) in [6.45, 7) is 1.52. The van der Waals surface area contributed by atoms with E-state index in [0.29, 0.717) is 11.2 Å². The number of nitrogens with zero attached hydrogens (tertiary/aromatic N) is 1. The van der Waals surface area contributed by atoms with Crippen LogP contribution in [0.2, 0.25) is 0 Å². The standard InChI is InChI=1S/C14H18BrNO3/c1-18-12-5-10(6-13(8-12)19-2)3-4-16-9-11(15)7-14(16)17/h5-6,8,11H,3-4,7,9H2,1-2H3. The minimum Gasteiger partial charge on any atom is -0.497 e. The number of alkyl halides is 1. The normalized spacial score (nSPS) is 18.8. The number of halogens is 1. The third-order valence-corrected chi connectivity index (χ3v) is 3.86. The summed E-state index contributed by atoms with van der Waals surface area (Å²) in [5, 5.41) is 0. The van der Waals surface area contributed by atoms with E-state index >= 15 is 0 Å². The summed E-state index contributed by atoms with van der Waals surface area (Å²) in [6, 6.07) is 5.81. The SMILES string of the molecule is COc1cc(CCN2CC(Br)CC2=O)cc(OC)c1. The maximum Gasteiger partial charge on any atom is 0.223 e. The van der Waals surface area contributed by atoms with Gasteiger partial charge in [0.1, 0.15) is 11.5 Å². The molecule has 1 saturated heterocycles. The topological polar surface area (TPSA) is 38.8 Å². The van der Waals surface area contributed by atoms with Gasteiger partial charge in [0, 0.05) is 30.4 Å². The van der Waals surface area contributed by atoms with Crippen molar-refractivity contribution in [1.82, 2.24) is 4.90 Å². The predicted octanol–water partition coefficient (Wildman–Crippen LogP) is 2.24. The van der Waals surface area contributed by atoms with Gasteiger partial charge in [0.15, 0.2) is 0 Å². The van der Waals surface area contributed by atoms with Gasteiger partial charge in [0.05, 0.1) is 14.2 Å². The van der Waals surface area contributed by atoms with Gasteiger partial charge in [-0.2, -0.15) is 0 Å². The van der Waals surface area contributed by atoms with E-state index < -0.39 is 0 Å². The van der Waals surface area contributed by atoms with Crippen molar-refractivity contribution in [3.63, 3.8) is 0 Å². The molecule has 104 valence electrons. The molecule has 0 spiro atoms. The Bertz CT molecular complexity index is 442. The van der Waals surface area contributed by atoms with Crippen molar-refractivity contribution in [2.45, 2.75) is 17.7 Å². The van der Waals surface area contributed by atoms with E-state index in [2.05, 4.69) is 15.9 Å². The average Bonchev–Trinajstić information content (AvgIpc) is 2.74. The minimum atomic E-state index is 0.219. The summed E-state index contributed by atoms with van der Waals surface area (Å²) in [4.78, 5) is 13.9. The van der Waals surface area contributed by atoms with Crippen molar-refractivity contribution in [2.75, 3.05) is 27.3 Å². The van der Waals surface area contributed by atoms with Crippen LogP contribution in [0.1, 0.15) is 12.0 Å². The number of carbonyl (C=O) groups excluding carboxylic acids is 1. The molecule has 1 heterocycles. The van der Waals surface area contributed by atoms with Gasteiger partial charge in [0.25, 0.3) is 0 Å². The molecule has 1 aliphatic heterocycles. The largest absolute Gasteiger partial charge is 0.497 e. The van der Waals surface area contributed by atoms with Gasteiger partial charge in [-0.15, -0.1) is 0 Å². The van der Waals surface area contributed by atoms with Crippen LogP contribution in [0, 0.1) is 0 Å². The lowest BCUT2D eigenvalue weighted by atomic mass is 10.1. The van der Waals surface area contributed by atoms with Gasteiger partial charge in [0.2, 0.25) is 5.91 Å². The highest BCUT2D eigenvalue weighted by molar-refractivity contribution is 9.09. The molecule has 1 unspecified atom stereocenters. The Morgan fingerprint density at radius 1 is 1.26 bits per heavy atom. The molecular formula is C14H18BrNO3. The van der Waals surface area contributed by atoms with E-state index in [9.17, 15) is 4.79 Å². The van der Waals surface area contributed by atoms with Gasteiger partial charge in [-0.05, 0) is 24.1 Å². The molecule has 0 aliphatic carbocycles. The third kappa shape index (κ3) is 3.62. The van der Waals surface area contributed by atoms with E-state index in [1.54, 1.807) is 14.2 Å². The molecule has 1 atom stereocenters. The number of amides is 1. The predicted molar refractivity (Wildman–Crippen MR) is 77.2 cm³/mol. The van der Waals surface area contributed by atoms with Crippen LogP contribution < -0.4 is 9.47 Å². The molecule has 5 heteroatoms. The fourth-order valence-electron chi connectivity index (χ4n) is 2.21. The molecule has 1 amide bonds. The van der Waals surface area contributed by atoms with Gasteiger partial charge in [-0.3, -0.25) is 4.79 Å². The Kier molecular flexibility index (Phi) is 4.69. The molecular weight excluding hydrogens is 310 g/mol. The zero-order valence-corrected chi connectivity index (χ0v) is 12.8. The molecule has 0 bridgehead atoms. The molecule has 0 aromatic heterocycles. The number of hydrogen-bond donors (Lipinski definition) is 0. The van der Waals surface area contributed by atoms with Crippen LogP contribution in [0.25, 0.3) is 0 Å². The number of ether oxygens (including phenoxy) is 2. The first-order chi connectivity index (χ1) is 9.12. The van der Waals surface area contributed by atoms with Crippen molar-refractivity contribution in [1.29, 1.82) is 0 Å². The van der Waals surface area contributed by atoms with Gasteiger partial charge in [-0.1, -0.05) is 15.9 Å². The molecule has 19 heavy (non-hydrogen) atoms. The number of benzene rings is 1. The van der Waals surface area contributed by atoms with Gasteiger partial charge >= 0.3 is 0 Å². The fourth-order valence-corrected chi connectivity index (χ4v) is 2.84. The third-order valence-electron chi connectivity index (χ3n) is 3.25. The van der Waals surface area contributed by atoms with E-state index in [-0.39, 0.29) is 5.91 Å². The quantitative estimate of drug-likeness (QED) is 0.778. The van der Waals surface area contributed by atoms with Crippen LogP contribution in [-0.2, 0) is 11.2 Å². The summed E-state index contributed by atoms with van der Waals surface area (Å²) in [5.74, 6) is 1.78. The van der Waals surface area contributed by atoms with Crippen molar-refractivity contribution in [3.8, 4) is 11.5 Å². The van der Waals surface area contributed by atoms with E-state index in [1.165, 1.54) is 0 Å².